The predicted octanol–water partition coefficient (Wildman–Crippen LogP) is 3.66. The lowest BCUT2D eigenvalue weighted by Crippen LogP contribution is -2.33. The normalized spacial score (nSPS) is 12.8. The van der Waals surface area contributed by atoms with Crippen LogP contribution in [0.2, 0.25) is 0 Å². The van der Waals surface area contributed by atoms with Gasteiger partial charge in [0.2, 0.25) is 5.91 Å². The van der Waals surface area contributed by atoms with E-state index in [4.69, 9.17) is 0 Å². The van der Waals surface area contributed by atoms with E-state index < -0.39 is 10.8 Å². The van der Waals surface area contributed by atoms with Crippen LogP contribution in [-0.4, -0.2) is 21.9 Å². The number of nitrogens with one attached hydrogen (secondary N) is 1. The van der Waals surface area contributed by atoms with Crippen molar-refractivity contribution in [2.45, 2.75) is 63.3 Å². The van der Waals surface area contributed by atoms with Gasteiger partial charge in [0, 0.05) is 11.3 Å². The van der Waals surface area contributed by atoms with Crippen molar-refractivity contribution in [2.75, 3.05) is 5.75 Å². The second kappa shape index (κ2) is 11.9. The van der Waals surface area contributed by atoms with Crippen LogP contribution in [-0.2, 0) is 15.6 Å². The van der Waals surface area contributed by atoms with E-state index >= 15 is 0 Å². The molecule has 1 N–H and O–H groups in total. The smallest absolute Gasteiger partial charge is 0.220 e. The monoisotopic (exact) mass is 333 g/mol. The lowest BCUT2D eigenvalue weighted by molar-refractivity contribution is -0.121. The summed E-state index contributed by atoms with van der Waals surface area (Å²) in [4.78, 5) is 12.7. The van der Waals surface area contributed by atoms with Gasteiger partial charge in [0.15, 0.2) is 0 Å². The lowest BCUT2D eigenvalue weighted by atomic mass is 10.1. The van der Waals surface area contributed by atoms with Crippen LogP contribution in [0.4, 0.5) is 0 Å². The Morgan fingerprint density at radius 3 is 2.57 bits per heavy atom. The molecule has 0 saturated heterocycles. The standard InChI is InChI=1S/C19H27NO2S/c1-3-5-7-15-19(21)20-17(11-4-2)12-10-16-23(22)18-13-8-6-9-14-18/h6,8-9,13-14,17H,3-5,7,11,15-16H2,1-2H3,(H,20,21). The van der Waals surface area contributed by atoms with Gasteiger partial charge in [-0.2, -0.15) is 0 Å². The van der Waals surface area contributed by atoms with Crippen LogP contribution >= 0.6 is 0 Å². The van der Waals surface area contributed by atoms with Gasteiger partial charge in [-0.3, -0.25) is 9.00 Å². The van der Waals surface area contributed by atoms with Gasteiger partial charge in [0.1, 0.15) is 0 Å². The van der Waals surface area contributed by atoms with Crippen LogP contribution in [0.15, 0.2) is 35.2 Å². The Hall–Kier alpha value is -1.60. The molecule has 0 fully saturated rings. The molecule has 2 unspecified atom stereocenters. The van der Waals surface area contributed by atoms with E-state index in [1.807, 2.05) is 30.3 Å². The molecule has 126 valence electrons. The molecule has 0 bridgehead atoms. The van der Waals surface area contributed by atoms with Crippen molar-refractivity contribution >= 4 is 16.7 Å². The minimum absolute atomic E-state index is 0.0652. The zero-order valence-electron chi connectivity index (χ0n) is 14.1. The fourth-order valence-corrected chi connectivity index (χ4v) is 3.00. The molecule has 0 heterocycles. The van der Waals surface area contributed by atoms with Crippen molar-refractivity contribution < 1.29 is 9.00 Å². The first-order valence-corrected chi connectivity index (χ1v) is 9.70. The second-order valence-electron chi connectivity index (χ2n) is 5.49. The van der Waals surface area contributed by atoms with E-state index in [2.05, 4.69) is 31.0 Å². The Kier molecular flexibility index (Phi) is 10.1. The molecular weight excluding hydrogens is 306 g/mol. The first kappa shape index (κ1) is 19.4. The second-order valence-corrected chi connectivity index (χ2v) is 6.94. The molecule has 1 amide bonds. The van der Waals surface area contributed by atoms with E-state index in [-0.39, 0.29) is 11.9 Å². The average molecular weight is 333 g/mol. The highest BCUT2D eigenvalue weighted by atomic mass is 32.2. The van der Waals surface area contributed by atoms with Crippen molar-refractivity contribution in [3.05, 3.63) is 30.3 Å². The van der Waals surface area contributed by atoms with Gasteiger partial charge in [0.05, 0.1) is 22.6 Å². The first-order chi connectivity index (χ1) is 11.2. The number of unbranched alkanes of at least 4 members (excludes halogenated alkanes) is 2. The molecule has 0 aliphatic rings. The van der Waals surface area contributed by atoms with E-state index in [9.17, 15) is 9.00 Å². The fraction of sp³-hybridized carbons (Fsp3) is 0.526. The van der Waals surface area contributed by atoms with Gasteiger partial charge in [-0.05, 0) is 25.0 Å². The van der Waals surface area contributed by atoms with Gasteiger partial charge in [-0.15, -0.1) is 0 Å². The van der Waals surface area contributed by atoms with Gasteiger partial charge < -0.3 is 5.32 Å². The highest BCUT2D eigenvalue weighted by Gasteiger charge is 2.08. The summed E-state index contributed by atoms with van der Waals surface area (Å²) in [6.07, 6.45) is 5.45. The molecular formula is C19H27NO2S. The number of benzene rings is 1. The van der Waals surface area contributed by atoms with Crippen LogP contribution < -0.4 is 5.32 Å². The molecule has 1 rings (SSSR count). The number of hydrogen-bond donors (Lipinski definition) is 1. The minimum Gasteiger partial charge on any atom is -0.342 e. The SMILES string of the molecule is CCCCCC(=O)NC(C#CCS(=O)c1ccccc1)CCC. The Balaban J connectivity index is 2.49. The van der Waals surface area contributed by atoms with E-state index in [0.29, 0.717) is 12.2 Å². The Morgan fingerprint density at radius 2 is 1.91 bits per heavy atom. The largest absolute Gasteiger partial charge is 0.342 e. The van der Waals surface area contributed by atoms with Crippen molar-refractivity contribution in [3.8, 4) is 11.8 Å². The summed E-state index contributed by atoms with van der Waals surface area (Å²) in [6, 6.07) is 9.20. The Morgan fingerprint density at radius 1 is 1.17 bits per heavy atom. The zero-order valence-corrected chi connectivity index (χ0v) is 15.0. The molecule has 0 aliphatic heterocycles. The molecule has 0 spiro atoms. The van der Waals surface area contributed by atoms with Crippen LogP contribution in [0, 0.1) is 11.8 Å². The van der Waals surface area contributed by atoms with Crippen LogP contribution in [0.1, 0.15) is 52.4 Å². The third-order valence-corrected chi connectivity index (χ3v) is 4.61. The number of carbonyl (C=O) groups is 1. The summed E-state index contributed by atoms with van der Waals surface area (Å²) in [5, 5.41) is 2.98. The van der Waals surface area contributed by atoms with E-state index in [0.717, 1.165) is 37.0 Å². The maximum atomic E-state index is 12.1. The summed E-state index contributed by atoms with van der Waals surface area (Å²) in [5.74, 6) is 6.41. The Labute approximate surface area is 142 Å². The molecule has 23 heavy (non-hydrogen) atoms. The molecule has 0 saturated carbocycles. The molecule has 1 aromatic rings. The van der Waals surface area contributed by atoms with Crippen molar-refractivity contribution in [3.63, 3.8) is 0 Å². The molecule has 0 aromatic heterocycles. The highest BCUT2D eigenvalue weighted by Crippen LogP contribution is 2.05. The number of amides is 1. The average Bonchev–Trinajstić information content (AvgIpc) is 2.56. The Bertz CT molecular complexity index is 545. The topological polar surface area (TPSA) is 46.2 Å². The molecule has 3 nitrogen and oxygen atoms in total. The summed E-state index contributed by atoms with van der Waals surface area (Å²) >= 11 is 0. The third-order valence-electron chi connectivity index (χ3n) is 3.41. The summed E-state index contributed by atoms with van der Waals surface area (Å²) in [7, 11) is -1.11. The molecule has 1 aromatic carbocycles. The van der Waals surface area contributed by atoms with Gasteiger partial charge >= 0.3 is 0 Å². The minimum atomic E-state index is -1.11. The maximum Gasteiger partial charge on any atom is 0.220 e. The van der Waals surface area contributed by atoms with Crippen LogP contribution in [0.25, 0.3) is 0 Å². The maximum absolute atomic E-state index is 12.1. The first-order valence-electron chi connectivity index (χ1n) is 8.38. The van der Waals surface area contributed by atoms with Crippen LogP contribution in [0.5, 0.6) is 0 Å². The molecule has 0 radical (unpaired) electrons. The summed E-state index contributed by atoms with van der Waals surface area (Å²) < 4.78 is 12.1. The van der Waals surface area contributed by atoms with Gasteiger partial charge in [0.25, 0.3) is 0 Å². The molecule has 4 heteroatoms. The van der Waals surface area contributed by atoms with Crippen molar-refractivity contribution in [2.24, 2.45) is 0 Å². The van der Waals surface area contributed by atoms with E-state index in [1.165, 1.54) is 0 Å². The third kappa shape index (κ3) is 8.56. The fourth-order valence-electron chi connectivity index (χ4n) is 2.16. The number of hydrogen-bond acceptors (Lipinski definition) is 2. The summed E-state index contributed by atoms with van der Waals surface area (Å²) in [5.41, 5.74) is 0. The van der Waals surface area contributed by atoms with E-state index in [1.54, 1.807) is 0 Å². The number of rotatable bonds is 9. The highest BCUT2D eigenvalue weighted by molar-refractivity contribution is 7.85. The molecule has 0 aliphatic carbocycles. The predicted molar refractivity (Wildman–Crippen MR) is 96.5 cm³/mol. The van der Waals surface area contributed by atoms with Crippen LogP contribution in [0.3, 0.4) is 0 Å². The quantitative estimate of drug-likeness (QED) is 0.554. The molecule has 2 atom stereocenters. The van der Waals surface area contributed by atoms with Crippen molar-refractivity contribution in [1.29, 1.82) is 0 Å². The summed E-state index contributed by atoms with van der Waals surface area (Å²) in [6.45, 7) is 4.19. The lowest BCUT2D eigenvalue weighted by Gasteiger charge is -2.12. The van der Waals surface area contributed by atoms with Gasteiger partial charge in [-0.1, -0.05) is 63.1 Å². The zero-order chi connectivity index (χ0) is 16.9. The van der Waals surface area contributed by atoms with Gasteiger partial charge in [-0.25, -0.2) is 0 Å². The van der Waals surface area contributed by atoms with Crippen molar-refractivity contribution in [1.82, 2.24) is 5.32 Å². The number of carbonyl (C=O) groups excluding carboxylic acids is 1.